The molecule has 0 unspecified atom stereocenters. The molecule has 4 rings (SSSR count). The SMILES string of the molecule is CC(C)N(Cc1nc2ccccc2c(=O)[nH]1)C(=O)CSc1nc2ccccc2s1. The minimum absolute atomic E-state index is 0.0138. The number of nitrogens with one attached hydrogen (secondary N) is 1. The van der Waals surface area contributed by atoms with E-state index in [1.165, 1.54) is 11.8 Å². The normalized spacial score (nSPS) is 11.4. The zero-order valence-corrected chi connectivity index (χ0v) is 17.7. The largest absolute Gasteiger partial charge is 0.332 e. The topological polar surface area (TPSA) is 79.0 Å². The Labute approximate surface area is 176 Å². The van der Waals surface area contributed by atoms with Crippen molar-refractivity contribution in [3.05, 3.63) is 64.7 Å². The van der Waals surface area contributed by atoms with E-state index in [0.717, 1.165) is 14.6 Å². The molecule has 1 N–H and O–H groups in total. The number of aromatic amines is 1. The van der Waals surface area contributed by atoms with Crippen molar-refractivity contribution in [1.29, 1.82) is 0 Å². The zero-order chi connectivity index (χ0) is 20.4. The average Bonchev–Trinajstić information content (AvgIpc) is 3.13. The number of aromatic nitrogens is 3. The van der Waals surface area contributed by atoms with Gasteiger partial charge in [0.25, 0.3) is 5.56 Å². The van der Waals surface area contributed by atoms with Gasteiger partial charge < -0.3 is 9.88 Å². The maximum absolute atomic E-state index is 12.9. The lowest BCUT2D eigenvalue weighted by molar-refractivity contribution is -0.130. The standard InChI is InChI=1S/C21H20N4O2S2/c1-13(2)25(11-18-22-15-8-4-3-7-14(15)20(27)24-18)19(26)12-28-21-23-16-9-5-6-10-17(16)29-21/h3-10,13H,11-12H2,1-2H3,(H,22,24,27). The molecule has 1 amide bonds. The summed E-state index contributed by atoms with van der Waals surface area (Å²) in [7, 11) is 0. The number of hydrogen-bond acceptors (Lipinski definition) is 6. The monoisotopic (exact) mass is 424 g/mol. The van der Waals surface area contributed by atoms with E-state index in [-0.39, 0.29) is 29.8 Å². The van der Waals surface area contributed by atoms with Gasteiger partial charge in [0.15, 0.2) is 4.34 Å². The summed E-state index contributed by atoms with van der Waals surface area (Å²) in [4.78, 5) is 38.8. The van der Waals surface area contributed by atoms with E-state index in [0.29, 0.717) is 16.7 Å². The number of carbonyl (C=O) groups excluding carboxylic acids is 1. The second-order valence-electron chi connectivity index (χ2n) is 6.88. The third kappa shape index (κ3) is 4.33. The summed E-state index contributed by atoms with van der Waals surface area (Å²) >= 11 is 3.03. The highest BCUT2D eigenvalue weighted by atomic mass is 32.2. The molecular weight excluding hydrogens is 404 g/mol. The van der Waals surface area contributed by atoms with Crippen LogP contribution in [0, 0.1) is 0 Å². The Hall–Kier alpha value is -2.71. The van der Waals surface area contributed by atoms with Crippen LogP contribution in [0.5, 0.6) is 0 Å². The zero-order valence-electron chi connectivity index (χ0n) is 16.1. The van der Waals surface area contributed by atoms with E-state index in [1.807, 2.05) is 50.2 Å². The predicted molar refractivity (Wildman–Crippen MR) is 118 cm³/mol. The summed E-state index contributed by atoms with van der Waals surface area (Å²) in [5.41, 5.74) is 1.39. The number of fused-ring (bicyclic) bond motifs is 2. The average molecular weight is 425 g/mol. The fourth-order valence-corrected chi connectivity index (χ4v) is 5.00. The minimum Gasteiger partial charge on any atom is -0.332 e. The number of carbonyl (C=O) groups is 1. The van der Waals surface area contributed by atoms with Crippen molar-refractivity contribution in [1.82, 2.24) is 19.9 Å². The second kappa shape index (κ2) is 8.34. The molecule has 2 aromatic heterocycles. The van der Waals surface area contributed by atoms with Crippen LogP contribution >= 0.6 is 23.1 Å². The Kier molecular flexibility index (Phi) is 5.64. The molecule has 2 heterocycles. The van der Waals surface area contributed by atoms with E-state index >= 15 is 0 Å². The van der Waals surface area contributed by atoms with Crippen LogP contribution in [-0.2, 0) is 11.3 Å². The molecule has 0 saturated carbocycles. The fraction of sp³-hybridized carbons (Fsp3) is 0.238. The molecule has 8 heteroatoms. The van der Waals surface area contributed by atoms with Crippen LogP contribution in [0.15, 0.2) is 57.7 Å². The van der Waals surface area contributed by atoms with Crippen LogP contribution in [0.3, 0.4) is 0 Å². The first kappa shape index (κ1) is 19.6. The first-order valence-electron chi connectivity index (χ1n) is 9.27. The second-order valence-corrected chi connectivity index (χ2v) is 9.13. The molecule has 0 aliphatic rings. The summed E-state index contributed by atoms with van der Waals surface area (Å²) in [5, 5.41) is 0.546. The van der Waals surface area contributed by atoms with E-state index in [4.69, 9.17) is 0 Å². The molecule has 0 spiro atoms. The molecule has 0 aliphatic heterocycles. The lowest BCUT2D eigenvalue weighted by Crippen LogP contribution is -2.38. The first-order valence-corrected chi connectivity index (χ1v) is 11.1. The summed E-state index contributed by atoms with van der Waals surface area (Å²) in [6.45, 7) is 4.18. The molecule has 0 aliphatic carbocycles. The number of H-pyrrole nitrogens is 1. The van der Waals surface area contributed by atoms with Crippen LogP contribution in [0.4, 0.5) is 0 Å². The molecule has 0 saturated heterocycles. The lowest BCUT2D eigenvalue weighted by Gasteiger charge is -2.26. The van der Waals surface area contributed by atoms with Crippen LogP contribution in [-0.4, -0.2) is 37.6 Å². The number of benzene rings is 2. The number of nitrogens with zero attached hydrogens (tertiary/aromatic N) is 3. The Morgan fingerprint density at radius 1 is 1.10 bits per heavy atom. The van der Waals surface area contributed by atoms with Crippen molar-refractivity contribution in [2.24, 2.45) is 0 Å². The summed E-state index contributed by atoms with van der Waals surface area (Å²) in [6, 6.07) is 15.1. The number of para-hydroxylation sites is 2. The summed E-state index contributed by atoms with van der Waals surface area (Å²) in [6.07, 6.45) is 0. The van der Waals surface area contributed by atoms with Crippen LogP contribution < -0.4 is 5.56 Å². The maximum Gasteiger partial charge on any atom is 0.258 e. The molecule has 2 aromatic carbocycles. The number of rotatable bonds is 6. The molecule has 148 valence electrons. The fourth-order valence-electron chi connectivity index (χ4n) is 3.05. The Bertz CT molecular complexity index is 1200. The van der Waals surface area contributed by atoms with E-state index in [9.17, 15) is 9.59 Å². The minimum atomic E-state index is -0.189. The number of hydrogen-bond donors (Lipinski definition) is 1. The van der Waals surface area contributed by atoms with Gasteiger partial charge in [-0.1, -0.05) is 36.0 Å². The molecule has 0 bridgehead atoms. The van der Waals surface area contributed by atoms with Crippen molar-refractivity contribution in [2.75, 3.05) is 5.75 Å². The third-order valence-corrected chi connectivity index (χ3v) is 6.68. The van der Waals surface area contributed by atoms with Crippen molar-refractivity contribution in [2.45, 2.75) is 30.8 Å². The third-order valence-electron chi connectivity index (χ3n) is 4.52. The first-order chi connectivity index (χ1) is 14.0. The van der Waals surface area contributed by atoms with Gasteiger partial charge in [0.1, 0.15) is 5.82 Å². The predicted octanol–water partition coefficient (Wildman–Crippen LogP) is 4.06. The van der Waals surface area contributed by atoms with Crippen LogP contribution in [0.2, 0.25) is 0 Å². The van der Waals surface area contributed by atoms with Crippen LogP contribution in [0.25, 0.3) is 21.1 Å². The molecule has 6 nitrogen and oxygen atoms in total. The van der Waals surface area contributed by atoms with Crippen LogP contribution in [0.1, 0.15) is 19.7 Å². The van der Waals surface area contributed by atoms with E-state index in [1.54, 1.807) is 28.4 Å². The number of thioether (sulfide) groups is 1. The van der Waals surface area contributed by atoms with Gasteiger partial charge in [0.2, 0.25) is 5.91 Å². The van der Waals surface area contributed by atoms with E-state index < -0.39 is 0 Å². The Morgan fingerprint density at radius 3 is 2.59 bits per heavy atom. The molecule has 0 atom stereocenters. The van der Waals surface area contributed by atoms with Gasteiger partial charge in [0, 0.05) is 6.04 Å². The van der Waals surface area contributed by atoms with Gasteiger partial charge in [-0.3, -0.25) is 9.59 Å². The smallest absolute Gasteiger partial charge is 0.258 e. The molecule has 29 heavy (non-hydrogen) atoms. The molecular formula is C21H20N4O2S2. The highest BCUT2D eigenvalue weighted by Gasteiger charge is 2.20. The molecule has 4 aromatic rings. The molecule has 0 fully saturated rings. The quantitative estimate of drug-likeness (QED) is 0.472. The van der Waals surface area contributed by atoms with Gasteiger partial charge in [-0.05, 0) is 38.1 Å². The van der Waals surface area contributed by atoms with Gasteiger partial charge in [0.05, 0.1) is 33.4 Å². The summed E-state index contributed by atoms with van der Waals surface area (Å²) < 4.78 is 1.99. The number of thiazole rings is 1. The Morgan fingerprint density at radius 2 is 1.83 bits per heavy atom. The van der Waals surface area contributed by atoms with Crippen molar-refractivity contribution < 1.29 is 4.79 Å². The lowest BCUT2D eigenvalue weighted by atomic mass is 10.2. The Balaban J connectivity index is 1.49. The van der Waals surface area contributed by atoms with Crippen molar-refractivity contribution in [3.8, 4) is 0 Å². The number of amides is 1. The van der Waals surface area contributed by atoms with Gasteiger partial charge in [-0.2, -0.15) is 0 Å². The summed E-state index contributed by atoms with van der Waals surface area (Å²) in [5.74, 6) is 0.760. The van der Waals surface area contributed by atoms with E-state index in [2.05, 4.69) is 15.0 Å². The van der Waals surface area contributed by atoms with Crippen molar-refractivity contribution >= 4 is 50.1 Å². The van der Waals surface area contributed by atoms with Gasteiger partial charge in [-0.15, -0.1) is 11.3 Å². The van der Waals surface area contributed by atoms with Gasteiger partial charge >= 0.3 is 0 Å². The highest BCUT2D eigenvalue weighted by molar-refractivity contribution is 8.01. The highest BCUT2D eigenvalue weighted by Crippen LogP contribution is 2.29. The van der Waals surface area contributed by atoms with Crippen molar-refractivity contribution in [3.63, 3.8) is 0 Å². The maximum atomic E-state index is 12.9. The molecule has 0 radical (unpaired) electrons. The van der Waals surface area contributed by atoms with Gasteiger partial charge in [-0.25, -0.2) is 9.97 Å².